The van der Waals surface area contributed by atoms with Gasteiger partial charge in [0.05, 0.1) is 29.6 Å². The predicted molar refractivity (Wildman–Crippen MR) is 79.5 cm³/mol. The van der Waals surface area contributed by atoms with Gasteiger partial charge >= 0.3 is 0 Å². The fraction of sp³-hybridized carbons (Fsp3) is 0.800. The second-order valence-corrected chi connectivity index (χ2v) is 6.27. The Balaban J connectivity index is 1.80. The highest BCUT2D eigenvalue weighted by Crippen LogP contribution is 2.40. The first-order valence-electron chi connectivity index (χ1n) is 7.88. The van der Waals surface area contributed by atoms with Crippen LogP contribution in [0.2, 0.25) is 0 Å². The van der Waals surface area contributed by atoms with E-state index in [1.54, 1.807) is 0 Å². The summed E-state index contributed by atoms with van der Waals surface area (Å²) in [6.45, 7) is 4.42. The van der Waals surface area contributed by atoms with Gasteiger partial charge in [0.15, 0.2) is 0 Å². The summed E-state index contributed by atoms with van der Waals surface area (Å²) >= 11 is 0. The summed E-state index contributed by atoms with van der Waals surface area (Å²) < 4.78 is 13.5. The molecule has 2 saturated heterocycles. The van der Waals surface area contributed by atoms with Crippen LogP contribution in [0.5, 0.6) is 0 Å². The summed E-state index contributed by atoms with van der Waals surface area (Å²) in [5.74, 6) is 6.33. The Kier molecular flexibility index (Phi) is 4.31. The summed E-state index contributed by atoms with van der Waals surface area (Å²) in [6.07, 6.45) is 3.95. The van der Waals surface area contributed by atoms with Gasteiger partial charge in [0.25, 0.3) is 0 Å². The molecule has 0 saturated carbocycles. The van der Waals surface area contributed by atoms with Gasteiger partial charge in [0, 0.05) is 26.7 Å². The molecule has 1 spiro atoms. The molecule has 0 bridgehead atoms. The van der Waals surface area contributed by atoms with E-state index in [2.05, 4.69) is 23.5 Å². The van der Waals surface area contributed by atoms with E-state index in [1.807, 2.05) is 11.7 Å². The number of hydrogen-bond acceptors (Lipinski definition) is 5. The molecule has 0 aliphatic carbocycles. The number of hydrogen-bond donors (Lipinski definition) is 2. The number of aryl methyl sites for hydroxylation is 2. The Morgan fingerprint density at radius 1 is 1.57 bits per heavy atom. The summed E-state index contributed by atoms with van der Waals surface area (Å²) in [4.78, 5) is 0. The van der Waals surface area contributed by atoms with Gasteiger partial charge in [0.1, 0.15) is 0 Å². The Labute approximate surface area is 125 Å². The van der Waals surface area contributed by atoms with Crippen LogP contribution in [0.4, 0.5) is 0 Å². The molecule has 21 heavy (non-hydrogen) atoms. The van der Waals surface area contributed by atoms with Crippen molar-refractivity contribution in [1.29, 1.82) is 0 Å². The molecule has 3 unspecified atom stereocenters. The number of nitrogens with two attached hydrogens (primary N) is 1. The van der Waals surface area contributed by atoms with Crippen molar-refractivity contribution < 1.29 is 9.47 Å². The largest absolute Gasteiger partial charge is 0.378 e. The average Bonchev–Trinajstić information content (AvgIpc) is 3.08. The number of nitrogens with one attached hydrogen (secondary N) is 1. The Bertz CT molecular complexity index is 482. The van der Waals surface area contributed by atoms with E-state index < -0.39 is 0 Å². The first kappa shape index (κ1) is 15.0. The molecule has 1 aromatic heterocycles. The van der Waals surface area contributed by atoms with E-state index in [0.29, 0.717) is 12.5 Å². The molecule has 6 nitrogen and oxygen atoms in total. The zero-order chi connectivity index (χ0) is 14.9. The van der Waals surface area contributed by atoms with Crippen LogP contribution in [0.25, 0.3) is 0 Å². The molecule has 3 rings (SSSR count). The molecule has 0 radical (unpaired) electrons. The summed E-state index contributed by atoms with van der Waals surface area (Å²) in [5, 5.41) is 4.55. The third-order valence-corrected chi connectivity index (χ3v) is 4.90. The van der Waals surface area contributed by atoms with Gasteiger partial charge in [-0.05, 0) is 31.2 Å². The van der Waals surface area contributed by atoms with E-state index in [0.717, 1.165) is 50.3 Å². The maximum Gasteiger partial charge on any atom is 0.0940 e. The molecule has 0 amide bonds. The first-order chi connectivity index (χ1) is 10.2. The number of rotatable bonds is 4. The molecule has 2 aliphatic heterocycles. The van der Waals surface area contributed by atoms with Crippen LogP contribution in [0, 0.1) is 5.92 Å². The number of hydrazine groups is 1. The van der Waals surface area contributed by atoms with Crippen LogP contribution >= 0.6 is 0 Å². The Morgan fingerprint density at radius 2 is 2.43 bits per heavy atom. The Hall–Kier alpha value is -0.950. The van der Waals surface area contributed by atoms with E-state index >= 15 is 0 Å². The SMILES string of the molecule is CCc1cc(C(NN)C2CCOC3(CCOC3)C2)n(C)n1. The summed E-state index contributed by atoms with van der Waals surface area (Å²) in [5.41, 5.74) is 5.19. The van der Waals surface area contributed by atoms with Crippen molar-refractivity contribution in [2.45, 2.75) is 44.2 Å². The van der Waals surface area contributed by atoms with E-state index in [-0.39, 0.29) is 11.6 Å². The molecule has 3 heterocycles. The van der Waals surface area contributed by atoms with Crippen LogP contribution in [0.15, 0.2) is 6.07 Å². The monoisotopic (exact) mass is 294 g/mol. The first-order valence-corrected chi connectivity index (χ1v) is 7.88. The third-order valence-electron chi connectivity index (χ3n) is 4.90. The van der Waals surface area contributed by atoms with Crippen LogP contribution in [-0.4, -0.2) is 35.2 Å². The van der Waals surface area contributed by atoms with Crippen LogP contribution in [0.1, 0.15) is 43.6 Å². The quantitative estimate of drug-likeness (QED) is 0.642. The van der Waals surface area contributed by atoms with Crippen molar-refractivity contribution in [1.82, 2.24) is 15.2 Å². The molecule has 3 atom stereocenters. The van der Waals surface area contributed by atoms with Crippen LogP contribution in [0.3, 0.4) is 0 Å². The lowest BCUT2D eigenvalue weighted by molar-refractivity contribution is -0.103. The van der Waals surface area contributed by atoms with Crippen molar-refractivity contribution in [3.8, 4) is 0 Å². The van der Waals surface area contributed by atoms with E-state index in [4.69, 9.17) is 15.3 Å². The second-order valence-electron chi connectivity index (χ2n) is 6.27. The minimum absolute atomic E-state index is 0.0931. The van der Waals surface area contributed by atoms with Gasteiger partial charge in [-0.1, -0.05) is 6.92 Å². The Morgan fingerprint density at radius 3 is 3.05 bits per heavy atom. The minimum atomic E-state index is -0.0931. The highest BCUT2D eigenvalue weighted by atomic mass is 16.6. The zero-order valence-corrected chi connectivity index (χ0v) is 13.0. The van der Waals surface area contributed by atoms with Crippen molar-refractivity contribution in [2.75, 3.05) is 19.8 Å². The van der Waals surface area contributed by atoms with Crippen LogP contribution in [-0.2, 0) is 22.9 Å². The van der Waals surface area contributed by atoms with E-state index in [1.165, 1.54) is 0 Å². The normalized spacial score (nSPS) is 30.9. The molecule has 0 aromatic carbocycles. The minimum Gasteiger partial charge on any atom is -0.378 e. The lowest BCUT2D eigenvalue weighted by Crippen LogP contribution is -2.45. The van der Waals surface area contributed by atoms with Gasteiger partial charge in [-0.15, -0.1) is 0 Å². The van der Waals surface area contributed by atoms with Gasteiger partial charge in [-0.2, -0.15) is 5.10 Å². The summed E-state index contributed by atoms with van der Waals surface area (Å²) in [6, 6.07) is 2.28. The molecule has 2 fully saturated rings. The van der Waals surface area contributed by atoms with Gasteiger partial charge in [-0.3, -0.25) is 16.0 Å². The fourth-order valence-electron chi connectivity index (χ4n) is 3.68. The van der Waals surface area contributed by atoms with Gasteiger partial charge in [0.2, 0.25) is 0 Å². The standard InChI is InChI=1S/C15H26N4O2/c1-3-12-8-13(19(2)18-12)14(17-16)11-4-6-21-15(9-11)5-7-20-10-15/h8,11,14,17H,3-7,9-10,16H2,1-2H3. The van der Waals surface area contributed by atoms with Crippen molar-refractivity contribution in [3.63, 3.8) is 0 Å². The molecule has 2 aliphatic rings. The maximum atomic E-state index is 6.03. The lowest BCUT2D eigenvalue weighted by atomic mass is 9.80. The van der Waals surface area contributed by atoms with Crippen molar-refractivity contribution in [3.05, 3.63) is 17.5 Å². The molecule has 6 heteroatoms. The van der Waals surface area contributed by atoms with Gasteiger partial charge < -0.3 is 9.47 Å². The van der Waals surface area contributed by atoms with Crippen molar-refractivity contribution >= 4 is 0 Å². The summed E-state index contributed by atoms with van der Waals surface area (Å²) in [7, 11) is 1.99. The van der Waals surface area contributed by atoms with Crippen molar-refractivity contribution in [2.24, 2.45) is 18.8 Å². The smallest absolute Gasteiger partial charge is 0.0940 e. The highest BCUT2D eigenvalue weighted by Gasteiger charge is 2.43. The van der Waals surface area contributed by atoms with Gasteiger partial charge in [-0.25, -0.2) is 0 Å². The highest BCUT2D eigenvalue weighted by molar-refractivity contribution is 5.16. The fourth-order valence-corrected chi connectivity index (χ4v) is 3.68. The lowest BCUT2D eigenvalue weighted by Gasteiger charge is -2.40. The third kappa shape index (κ3) is 2.85. The van der Waals surface area contributed by atoms with E-state index in [9.17, 15) is 0 Å². The van der Waals surface area contributed by atoms with Crippen LogP contribution < -0.4 is 11.3 Å². The number of ether oxygens (including phenoxy) is 2. The maximum absolute atomic E-state index is 6.03. The molecule has 1 aromatic rings. The molecular weight excluding hydrogens is 268 g/mol. The molecular formula is C15H26N4O2. The predicted octanol–water partition coefficient (Wildman–Crippen LogP) is 1.07. The molecule has 3 N–H and O–H groups in total. The topological polar surface area (TPSA) is 74.3 Å². The number of nitrogens with zero attached hydrogens (tertiary/aromatic N) is 2. The average molecular weight is 294 g/mol. The number of aromatic nitrogens is 2. The molecule has 118 valence electrons. The second kappa shape index (κ2) is 6.04. The zero-order valence-electron chi connectivity index (χ0n) is 13.0.